The number of benzene rings is 2. The Hall–Kier alpha value is -4.94. The van der Waals surface area contributed by atoms with E-state index >= 15 is 0 Å². The first-order valence-electron chi connectivity index (χ1n) is 15.7. The molecular formula is C33H45N7O6. The minimum atomic E-state index is -1.11. The summed E-state index contributed by atoms with van der Waals surface area (Å²) >= 11 is 0. The summed E-state index contributed by atoms with van der Waals surface area (Å²) in [6.45, 7) is 2.14. The summed E-state index contributed by atoms with van der Waals surface area (Å²) in [4.78, 5) is 70.5. The normalized spacial score (nSPS) is 17.3. The number of urea groups is 1. The van der Waals surface area contributed by atoms with E-state index in [2.05, 4.69) is 20.9 Å². The Labute approximate surface area is 269 Å². The second-order valence-electron chi connectivity index (χ2n) is 11.5. The number of carbonyl (C=O) groups is 5. The van der Waals surface area contributed by atoms with E-state index in [9.17, 15) is 29.1 Å². The minimum Gasteiger partial charge on any atom is -0.481 e. The Morgan fingerprint density at radius 2 is 1.63 bits per heavy atom. The molecular weight excluding hydrogens is 590 g/mol. The van der Waals surface area contributed by atoms with Gasteiger partial charge in [-0.15, -0.1) is 0 Å². The fraction of sp³-hybridized carbons (Fsp3) is 0.455. The SMILES string of the molecule is CCC[C@@H]1CC[C@H](NC(=O)Cc2ccccc2)C(=O)N1C(=O)N[C@@H](CCCN=C(N)N)C(=O)N[C@H](CC(=O)O)Cc1ccccc1. The lowest BCUT2D eigenvalue weighted by atomic mass is 9.94. The number of aliphatic carboxylic acids is 1. The molecule has 2 aromatic carbocycles. The summed E-state index contributed by atoms with van der Waals surface area (Å²) in [6.07, 6.45) is 2.61. The summed E-state index contributed by atoms with van der Waals surface area (Å²) in [5.74, 6) is -2.67. The number of aliphatic imine (C=N–C) groups is 1. The van der Waals surface area contributed by atoms with Crippen molar-refractivity contribution >= 4 is 35.7 Å². The third-order valence-electron chi connectivity index (χ3n) is 7.72. The van der Waals surface area contributed by atoms with Crippen LogP contribution in [0.1, 0.15) is 63.0 Å². The molecule has 0 aliphatic carbocycles. The third kappa shape index (κ3) is 11.5. The quantitative estimate of drug-likeness (QED) is 0.0908. The molecule has 1 saturated heterocycles. The van der Waals surface area contributed by atoms with Crippen LogP contribution in [0.3, 0.4) is 0 Å². The molecule has 0 spiro atoms. The zero-order valence-electron chi connectivity index (χ0n) is 26.2. The van der Waals surface area contributed by atoms with E-state index in [4.69, 9.17) is 11.5 Å². The van der Waals surface area contributed by atoms with Crippen LogP contribution in [0.4, 0.5) is 4.79 Å². The van der Waals surface area contributed by atoms with Crippen molar-refractivity contribution in [3.63, 3.8) is 0 Å². The highest BCUT2D eigenvalue weighted by Crippen LogP contribution is 2.23. The van der Waals surface area contributed by atoms with Gasteiger partial charge in [0.1, 0.15) is 12.1 Å². The molecule has 0 unspecified atom stereocenters. The maximum absolute atomic E-state index is 13.8. The Bertz CT molecular complexity index is 1350. The van der Waals surface area contributed by atoms with E-state index in [1.54, 1.807) is 0 Å². The van der Waals surface area contributed by atoms with E-state index in [1.165, 1.54) is 0 Å². The number of likely N-dealkylation sites (tertiary alicyclic amines) is 1. The molecule has 2 aromatic rings. The van der Waals surface area contributed by atoms with Crippen LogP contribution in [-0.2, 0) is 32.0 Å². The van der Waals surface area contributed by atoms with Crippen LogP contribution in [-0.4, -0.2) is 76.4 Å². The second-order valence-corrected chi connectivity index (χ2v) is 11.5. The first-order chi connectivity index (χ1) is 22.1. The Balaban J connectivity index is 1.77. The number of carboxylic acids is 1. The van der Waals surface area contributed by atoms with Gasteiger partial charge in [-0.3, -0.25) is 29.1 Å². The standard InChI is InChI=1S/C33H45N7O6/c1-2-10-25-16-17-27(38-28(41)20-23-13-7-4-8-14-23)31(45)40(25)33(46)39-26(15-9-18-36-32(34)35)30(44)37-24(21-29(42)43)19-22-11-5-3-6-12-22/h3-8,11-14,24-27H,2,9-10,15-21H2,1H3,(H,37,44)(H,38,41)(H,39,46)(H,42,43)(H4,34,35,36)/t24-,25+,26-,27-/m0/s1. The molecule has 13 nitrogen and oxygen atoms in total. The predicted octanol–water partition coefficient (Wildman–Crippen LogP) is 1.84. The maximum atomic E-state index is 13.8. The molecule has 13 heteroatoms. The van der Waals surface area contributed by atoms with Crippen LogP contribution in [0.5, 0.6) is 0 Å². The van der Waals surface area contributed by atoms with Gasteiger partial charge >= 0.3 is 12.0 Å². The van der Waals surface area contributed by atoms with Crippen molar-refractivity contribution in [3.05, 3.63) is 71.8 Å². The van der Waals surface area contributed by atoms with Gasteiger partial charge in [0.25, 0.3) is 5.91 Å². The number of nitrogens with zero attached hydrogens (tertiary/aromatic N) is 2. The average molecular weight is 636 g/mol. The van der Waals surface area contributed by atoms with Gasteiger partial charge in [0.15, 0.2) is 5.96 Å². The van der Waals surface area contributed by atoms with E-state index < -0.39 is 48.0 Å². The Morgan fingerprint density at radius 1 is 0.978 bits per heavy atom. The molecule has 0 radical (unpaired) electrons. The molecule has 3 rings (SSSR count). The molecule has 1 aliphatic rings. The van der Waals surface area contributed by atoms with E-state index in [0.29, 0.717) is 32.1 Å². The Morgan fingerprint density at radius 3 is 2.24 bits per heavy atom. The number of carboxylic acid groups (broad SMARTS) is 1. The topological polar surface area (TPSA) is 209 Å². The van der Waals surface area contributed by atoms with Crippen molar-refractivity contribution in [1.29, 1.82) is 0 Å². The van der Waals surface area contributed by atoms with Gasteiger partial charge in [0.2, 0.25) is 11.8 Å². The molecule has 1 heterocycles. The average Bonchev–Trinajstić information content (AvgIpc) is 3.00. The molecule has 0 bridgehead atoms. The highest BCUT2D eigenvalue weighted by Gasteiger charge is 2.40. The molecule has 1 aliphatic heterocycles. The van der Waals surface area contributed by atoms with Crippen molar-refractivity contribution in [2.24, 2.45) is 16.5 Å². The number of guanidine groups is 1. The van der Waals surface area contributed by atoms with Gasteiger partial charge in [-0.25, -0.2) is 4.79 Å². The van der Waals surface area contributed by atoms with E-state index in [-0.39, 0.29) is 44.1 Å². The number of hydrogen-bond acceptors (Lipinski definition) is 6. The van der Waals surface area contributed by atoms with Crippen LogP contribution in [0, 0.1) is 0 Å². The maximum Gasteiger partial charge on any atom is 0.325 e. The first-order valence-corrected chi connectivity index (χ1v) is 15.7. The molecule has 248 valence electrons. The van der Waals surface area contributed by atoms with Gasteiger partial charge in [0, 0.05) is 18.6 Å². The fourth-order valence-electron chi connectivity index (χ4n) is 5.57. The van der Waals surface area contributed by atoms with Crippen molar-refractivity contribution in [2.45, 2.75) is 88.9 Å². The summed E-state index contributed by atoms with van der Waals surface area (Å²) in [7, 11) is 0. The number of nitrogens with two attached hydrogens (primary N) is 2. The molecule has 1 fully saturated rings. The van der Waals surface area contributed by atoms with Crippen LogP contribution < -0.4 is 27.4 Å². The Kier molecular flexibility index (Phi) is 14.0. The summed E-state index contributed by atoms with van der Waals surface area (Å²) in [6, 6.07) is 14.3. The van der Waals surface area contributed by atoms with Crippen molar-refractivity contribution in [1.82, 2.24) is 20.9 Å². The zero-order chi connectivity index (χ0) is 33.5. The number of carbonyl (C=O) groups excluding carboxylic acids is 4. The van der Waals surface area contributed by atoms with Crippen LogP contribution in [0.25, 0.3) is 0 Å². The van der Waals surface area contributed by atoms with E-state index in [0.717, 1.165) is 16.0 Å². The summed E-state index contributed by atoms with van der Waals surface area (Å²) in [5.41, 5.74) is 12.5. The number of hydrogen-bond donors (Lipinski definition) is 6. The molecule has 0 aromatic heterocycles. The van der Waals surface area contributed by atoms with Crippen LogP contribution in [0.2, 0.25) is 0 Å². The summed E-state index contributed by atoms with van der Waals surface area (Å²) in [5, 5.41) is 17.8. The molecule has 46 heavy (non-hydrogen) atoms. The zero-order valence-corrected chi connectivity index (χ0v) is 26.2. The lowest BCUT2D eigenvalue weighted by Crippen LogP contribution is -2.62. The van der Waals surface area contributed by atoms with Crippen molar-refractivity contribution in [2.75, 3.05) is 6.54 Å². The second kappa shape index (κ2) is 18.1. The number of piperidine rings is 1. The number of amides is 5. The van der Waals surface area contributed by atoms with Crippen LogP contribution >= 0.6 is 0 Å². The third-order valence-corrected chi connectivity index (χ3v) is 7.72. The van der Waals surface area contributed by atoms with Gasteiger partial charge in [-0.05, 0) is 49.7 Å². The smallest absolute Gasteiger partial charge is 0.325 e. The minimum absolute atomic E-state index is 0.0910. The number of imide groups is 1. The lowest BCUT2D eigenvalue weighted by Gasteiger charge is -2.38. The van der Waals surface area contributed by atoms with E-state index in [1.807, 2.05) is 67.6 Å². The van der Waals surface area contributed by atoms with Crippen LogP contribution in [0.15, 0.2) is 65.7 Å². The van der Waals surface area contributed by atoms with Gasteiger partial charge in [-0.2, -0.15) is 0 Å². The number of nitrogens with one attached hydrogen (secondary N) is 3. The molecule has 5 amide bonds. The lowest BCUT2D eigenvalue weighted by molar-refractivity contribution is -0.139. The highest BCUT2D eigenvalue weighted by atomic mass is 16.4. The monoisotopic (exact) mass is 635 g/mol. The number of rotatable bonds is 16. The summed E-state index contributed by atoms with van der Waals surface area (Å²) < 4.78 is 0. The molecule has 8 N–H and O–H groups in total. The largest absolute Gasteiger partial charge is 0.481 e. The molecule has 4 atom stereocenters. The van der Waals surface area contributed by atoms with Gasteiger partial charge in [0.05, 0.1) is 12.8 Å². The highest BCUT2D eigenvalue weighted by molar-refractivity contribution is 6.01. The first kappa shape index (κ1) is 35.5. The fourth-order valence-corrected chi connectivity index (χ4v) is 5.57. The van der Waals surface area contributed by atoms with Crippen molar-refractivity contribution < 1.29 is 29.1 Å². The van der Waals surface area contributed by atoms with Gasteiger partial charge in [-0.1, -0.05) is 74.0 Å². The van der Waals surface area contributed by atoms with Crippen molar-refractivity contribution in [3.8, 4) is 0 Å². The van der Waals surface area contributed by atoms with Gasteiger partial charge < -0.3 is 32.5 Å². The predicted molar refractivity (Wildman–Crippen MR) is 173 cm³/mol. The molecule has 0 saturated carbocycles.